The Morgan fingerprint density at radius 3 is 2.30 bits per heavy atom. The molecule has 1 aromatic heterocycles. The first-order valence-corrected chi connectivity index (χ1v) is 15.9. The predicted octanol–water partition coefficient (Wildman–Crippen LogP) is 5.39. The van der Waals surface area contributed by atoms with E-state index in [9.17, 15) is 13.2 Å². The van der Waals surface area contributed by atoms with Crippen molar-refractivity contribution < 1.29 is 22.7 Å². The molecule has 0 spiro atoms. The fourth-order valence-electron chi connectivity index (χ4n) is 5.22. The number of amides is 1. The lowest BCUT2D eigenvalue weighted by Gasteiger charge is -2.30. The molecule has 2 aliphatic rings. The molecule has 0 atom stereocenters. The van der Waals surface area contributed by atoms with Crippen LogP contribution in [-0.2, 0) is 10.0 Å². The van der Waals surface area contributed by atoms with Gasteiger partial charge in [-0.2, -0.15) is 4.31 Å². The third-order valence-electron chi connectivity index (χ3n) is 7.75. The van der Waals surface area contributed by atoms with Gasteiger partial charge in [0.05, 0.1) is 15.1 Å². The lowest BCUT2D eigenvalue weighted by Crippen LogP contribution is -2.39. The smallest absolute Gasteiger partial charge is 0.260 e. The number of nitrogens with zero attached hydrogens (tertiary/aromatic N) is 4. The summed E-state index contributed by atoms with van der Waals surface area (Å²) in [5.41, 5.74) is 1.16. The summed E-state index contributed by atoms with van der Waals surface area (Å²) in [5.74, 6) is 1.11. The van der Waals surface area contributed by atoms with Gasteiger partial charge < -0.3 is 14.4 Å². The predicted molar refractivity (Wildman–Crippen MR) is 161 cm³/mol. The molecule has 40 heavy (non-hydrogen) atoms. The molecule has 0 radical (unpaired) electrons. The molecule has 0 bridgehead atoms. The lowest BCUT2D eigenvalue weighted by atomic mass is 9.96. The second-order valence-electron chi connectivity index (χ2n) is 9.99. The highest BCUT2D eigenvalue weighted by atomic mass is 35.5. The molecular weight excluding hydrogens is 572 g/mol. The molecule has 0 unspecified atom stereocenters. The largest absolute Gasteiger partial charge is 0.454 e. The summed E-state index contributed by atoms with van der Waals surface area (Å²) in [5, 5.41) is 0.583. The molecule has 1 aliphatic heterocycles. The summed E-state index contributed by atoms with van der Waals surface area (Å²) in [6.07, 6.45) is 5.03. The van der Waals surface area contributed by atoms with Gasteiger partial charge >= 0.3 is 0 Å². The Morgan fingerprint density at radius 2 is 1.65 bits per heavy atom. The summed E-state index contributed by atoms with van der Waals surface area (Å²) in [7, 11) is -1.97. The number of halogens is 1. The van der Waals surface area contributed by atoms with E-state index in [2.05, 4.69) is 18.7 Å². The van der Waals surface area contributed by atoms with Gasteiger partial charge in [0.1, 0.15) is 0 Å². The minimum absolute atomic E-state index is 0. The van der Waals surface area contributed by atoms with E-state index >= 15 is 0 Å². The van der Waals surface area contributed by atoms with Crippen molar-refractivity contribution in [3.8, 4) is 11.5 Å². The number of thiazole rings is 1. The van der Waals surface area contributed by atoms with Gasteiger partial charge in [0, 0.05) is 43.9 Å². The van der Waals surface area contributed by atoms with Gasteiger partial charge in [-0.05, 0) is 50.2 Å². The van der Waals surface area contributed by atoms with Crippen molar-refractivity contribution in [2.75, 3.05) is 44.9 Å². The van der Waals surface area contributed by atoms with Gasteiger partial charge in [-0.25, -0.2) is 13.4 Å². The molecule has 5 rings (SSSR count). The quantitative estimate of drug-likeness (QED) is 0.305. The highest BCUT2D eigenvalue weighted by molar-refractivity contribution is 7.89. The number of aromatic nitrogens is 1. The normalized spacial score (nSPS) is 15.5. The van der Waals surface area contributed by atoms with Crippen molar-refractivity contribution in [2.45, 2.75) is 56.9 Å². The first-order valence-electron chi connectivity index (χ1n) is 13.6. The third kappa shape index (κ3) is 6.23. The first-order chi connectivity index (χ1) is 18.8. The molecule has 2 heterocycles. The molecule has 218 valence electrons. The number of carbonyl (C=O) groups excluding carboxylic acids is 1. The van der Waals surface area contributed by atoms with Crippen molar-refractivity contribution in [1.29, 1.82) is 0 Å². The van der Waals surface area contributed by atoms with E-state index in [0.717, 1.165) is 55.4 Å². The van der Waals surface area contributed by atoms with Crippen molar-refractivity contribution in [1.82, 2.24) is 14.2 Å². The lowest BCUT2D eigenvalue weighted by molar-refractivity contribution is 0.0983. The van der Waals surface area contributed by atoms with Gasteiger partial charge in [-0.3, -0.25) is 9.69 Å². The zero-order chi connectivity index (χ0) is 27.6. The van der Waals surface area contributed by atoms with Crippen LogP contribution in [0.1, 0.15) is 56.3 Å². The number of hydrogen-bond acceptors (Lipinski definition) is 8. The zero-order valence-electron chi connectivity index (χ0n) is 23.2. The summed E-state index contributed by atoms with van der Waals surface area (Å²) in [6, 6.07) is 10.1. The van der Waals surface area contributed by atoms with E-state index in [1.54, 1.807) is 36.2 Å². The van der Waals surface area contributed by atoms with Crippen LogP contribution in [0.4, 0.5) is 5.13 Å². The van der Waals surface area contributed by atoms with E-state index in [0.29, 0.717) is 35.3 Å². The van der Waals surface area contributed by atoms with Crippen LogP contribution in [0.25, 0.3) is 10.2 Å². The highest BCUT2D eigenvalue weighted by Gasteiger charge is 2.30. The SMILES string of the molecule is CCN(CC)CCN(C(=O)c1ccc(S(=O)(=O)N(C)C2CCCCC2)cc1)c1nc2cc3c(cc2s1)OCO3.Cl. The molecule has 1 fully saturated rings. The molecule has 1 saturated carbocycles. The topological polar surface area (TPSA) is 92.3 Å². The molecule has 0 saturated heterocycles. The van der Waals surface area contributed by atoms with Crippen molar-refractivity contribution in [2.24, 2.45) is 0 Å². The van der Waals surface area contributed by atoms with Gasteiger partial charge in [0.2, 0.25) is 16.8 Å². The second kappa shape index (κ2) is 13.0. The maximum Gasteiger partial charge on any atom is 0.260 e. The van der Waals surface area contributed by atoms with E-state index < -0.39 is 10.0 Å². The van der Waals surface area contributed by atoms with Crippen LogP contribution < -0.4 is 14.4 Å². The summed E-state index contributed by atoms with van der Waals surface area (Å²) in [6.45, 7) is 7.28. The minimum Gasteiger partial charge on any atom is -0.454 e. The highest BCUT2D eigenvalue weighted by Crippen LogP contribution is 2.40. The molecule has 2 aromatic carbocycles. The van der Waals surface area contributed by atoms with Crippen molar-refractivity contribution in [3.63, 3.8) is 0 Å². The Hall–Kier alpha value is -2.44. The maximum absolute atomic E-state index is 13.8. The van der Waals surface area contributed by atoms with Gasteiger partial charge in [-0.1, -0.05) is 44.4 Å². The molecule has 12 heteroatoms. The molecule has 1 aliphatic carbocycles. The zero-order valence-corrected chi connectivity index (χ0v) is 25.6. The van der Waals surface area contributed by atoms with Crippen LogP contribution in [0, 0.1) is 0 Å². The number of likely N-dealkylation sites (N-methyl/N-ethyl adjacent to an activating group) is 1. The van der Waals surface area contributed by atoms with Crippen molar-refractivity contribution >= 4 is 55.0 Å². The Balaban J connectivity index is 0.00000370. The van der Waals surface area contributed by atoms with Crippen LogP contribution >= 0.6 is 23.7 Å². The molecule has 0 N–H and O–H groups in total. The van der Waals surface area contributed by atoms with Gasteiger partial charge in [-0.15, -0.1) is 12.4 Å². The Bertz CT molecular complexity index is 1380. The Morgan fingerprint density at radius 1 is 1.00 bits per heavy atom. The van der Waals surface area contributed by atoms with Gasteiger partial charge in [0.15, 0.2) is 16.6 Å². The number of ether oxygens (including phenoxy) is 2. The standard InChI is InChI=1S/C28H36N4O5S2.ClH/c1-4-31(5-2)15-16-32(28-29-23-17-24-25(37-19-36-24)18-26(23)38-28)27(33)20-11-13-22(14-12-20)39(34,35)30(3)21-9-7-6-8-10-21;/h11-14,17-18,21H,4-10,15-16,19H2,1-3H3;1H. The monoisotopic (exact) mass is 608 g/mol. The van der Waals surface area contributed by atoms with Crippen molar-refractivity contribution in [3.05, 3.63) is 42.0 Å². The average molecular weight is 609 g/mol. The summed E-state index contributed by atoms with van der Waals surface area (Å²) >= 11 is 1.43. The number of fused-ring (bicyclic) bond motifs is 2. The molecule has 3 aromatic rings. The summed E-state index contributed by atoms with van der Waals surface area (Å²) in [4.78, 5) is 22.7. The number of benzene rings is 2. The Labute approximate surface area is 246 Å². The second-order valence-corrected chi connectivity index (χ2v) is 13.0. The van der Waals surface area contributed by atoms with Crippen LogP contribution in [0.15, 0.2) is 41.3 Å². The Kier molecular flexibility index (Phi) is 9.94. The number of anilines is 1. The number of sulfonamides is 1. The molecular formula is C28H37ClN4O5S2. The third-order valence-corrected chi connectivity index (χ3v) is 10.7. The fraction of sp³-hybridized carbons (Fsp3) is 0.500. The number of rotatable bonds is 10. The fourth-order valence-corrected chi connectivity index (χ4v) is 7.64. The van der Waals surface area contributed by atoms with Crippen LogP contribution in [0.3, 0.4) is 0 Å². The molecule has 9 nitrogen and oxygen atoms in total. The minimum atomic E-state index is -3.64. The average Bonchev–Trinajstić information content (AvgIpc) is 3.59. The number of hydrogen-bond donors (Lipinski definition) is 0. The van der Waals surface area contributed by atoms with E-state index in [-0.39, 0.29) is 36.0 Å². The first kappa shape index (κ1) is 30.5. The van der Waals surface area contributed by atoms with E-state index in [4.69, 9.17) is 14.5 Å². The van der Waals surface area contributed by atoms with E-state index in [1.807, 2.05) is 12.1 Å². The van der Waals surface area contributed by atoms with Crippen LogP contribution in [-0.4, -0.2) is 74.6 Å². The summed E-state index contributed by atoms with van der Waals surface area (Å²) < 4.78 is 40.0. The van der Waals surface area contributed by atoms with Crippen LogP contribution in [0.2, 0.25) is 0 Å². The van der Waals surface area contributed by atoms with Gasteiger partial charge in [0.25, 0.3) is 5.91 Å². The number of carbonyl (C=O) groups is 1. The molecule has 1 amide bonds. The maximum atomic E-state index is 13.8. The van der Waals surface area contributed by atoms with Crippen LogP contribution in [0.5, 0.6) is 11.5 Å². The van der Waals surface area contributed by atoms with E-state index in [1.165, 1.54) is 15.6 Å².